The highest BCUT2D eigenvalue weighted by molar-refractivity contribution is 6.21. The molecule has 1 heterocycles. The molecule has 0 bridgehead atoms. The number of carbonyl (C=O) groups is 1. The minimum atomic E-state index is -0.742. The van der Waals surface area contributed by atoms with E-state index in [9.17, 15) is 9.90 Å². The smallest absolute Gasteiger partial charge is 0.255 e. The second-order valence-corrected chi connectivity index (χ2v) is 2.31. The molecule has 0 unspecified atom stereocenters. The maximum absolute atomic E-state index is 10.6. The summed E-state index contributed by atoms with van der Waals surface area (Å²) in [5, 5.41) is 9.18. The Morgan fingerprint density at radius 3 is 2.45 bits per heavy atom. The Bertz CT molecular complexity index is 267. The van der Waals surface area contributed by atoms with Crippen LogP contribution in [0.2, 0.25) is 0 Å². The van der Waals surface area contributed by atoms with Crippen LogP contribution >= 0.6 is 0 Å². The van der Waals surface area contributed by atoms with Crippen molar-refractivity contribution in [3.8, 4) is 0 Å². The maximum Gasteiger partial charge on any atom is 0.255 e. The molecule has 60 valence electrons. The van der Waals surface area contributed by atoms with Crippen LogP contribution in [-0.2, 0) is 4.79 Å². The van der Waals surface area contributed by atoms with Crippen molar-refractivity contribution in [1.82, 2.24) is 0 Å². The third-order valence-corrected chi connectivity index (χ3v) is 1.49. The van der Waals surface area contributed by atoms with E-state index in [1.54, 1.807) is 6.92 Å². The molecule has 0 fully saturated rings. The molecule has 1 amide bonds. The van der Waals surface area contributed by atoms with Crippen LogP contribution in [0, 0.1) is 0 Å². The van der Waals surface area contributed by atoms with Crippen molar-refractivity contribution in [3.63, 3.8) is 0 Å². The quantitative estimate of drug-likeness (QED) is 0.454. The molecule has 5 nitrogen and oxygen atoms in total. The summed E-state index contributed by atoms with van der Waals surface area (Å²) >= 11 is 0. The summed E-state index contributed by atoms with van der Waals surface area (Å²) in [5.41, 5.74) is 10.2. The molecule has 0 saturated heterocycles. The van der Waals surface area contributed by atoms with Crippen molar-refractivity contribution in [2.45, 2.75) is 13.0 Å². The number of aliphatic imine (C=N–C) groups is 1. The van der Waals surface area contributed by atoms with Crippen molar-refractivity contribution in [2.75, 3.05) is 0 Å². The van der Waals surface area contributed by atoms with E-state index in [1.807, 2.05) is 0 Å². The van der Waals surface area contributed by atoms with E-state index in [2.05, 4.69) is 4.99 Å². The van der Waals surface area contributed by atoms with Gasteiger partial charge in [-0.2, -0.15) is 0 Å². The molecule has 0 aromatic carbocycles. The highest BCUT2D eigenvalue weighted by Crippen LogP contribution is 2.16. The fourth-order valence-electron chi connectivity index (χ4n) is 0.927. The van der Waals surface area contributed by atoms with Gasteiger partial charge >= 0.3 is 0 Å². The largest absolute Gasteiger partial charge is 0.509 e. The first kappa shape index (κ1) is 7.59. The number of hydrogen-bond acceptors (Lipinski definition) is 4. The van der Waals surface area contributed by atoms with Gasteiger partial charge in [0.1, 0.15) is 23.2 Å². The van der Waals surface area contributed by atoms with E-state index in [0.29, 0.717) is 0 Å². The second-order valence-electron chi connectivity index (χ2n) is 2.31. The lowest BCUT2D eigenvalue weighted by atomic mass is 10.2. The van der Waals surface area contributed by atoms with Gasteiger partial charge in [0.15, 0.2) is 0 Å². The lowest BCUT2D eigenvalue weighted by Crippen LogP contribution is -2.25. The molecule has 0 aromatic heterocycles. The molecule has 5 N–H and O–H groups in total. The summed E-state index contributed by atoms with van der Waals surface area (Å²) in [4.78, 5) is 14.4. The first-order chi connectivity index (χ1) is 5.04. The summed E-state index contributed by atoms with van der Waals surface area (Å²) in [6.07, 6.45) is 0. The normalized spacial score (nSPS) is 23.7. The summed E-state index contributed by atoms with van der Waals surface area (Å²) < 4.78 is 0. The van der Waals surface area contributed by atoms with E-state index in [-0.39, 0.29) is 17.2 Å². The molecular formula is C6H9N3O2. The number of amides is 1. The first-order valence-corrected chi connectivity index (χ1v) is 3.10. The number of carbonyl (C=O) groups excluding carboxylic acids is 1. The average Bonchev–Trinajstić information content (AvgIpc) is 2.07. The molecule has 0 spiro atoms. The molecule has 0 aliphatic carbocycles. The van der Waals surface area contributed by atoms with Gasteiger partial charge in [0.2, 0.25) is 0 Å². The number of rotatable bonds is 1. The van der Waals surface area contributed by atoms with Crippen molar-refractivity contribution in [3.05, 3.63) is 11.3 Å². The van der Waals surface area contributed by atoms with Crippen LogP contribution in [0.3, 0.4) is 0 Å². The first-order valence-electron chi connectivity index (χ1n) is 3.10. The lowest BCUT2D eigenvalue weighted by Gasteiger charge is -1.98. The van der Waals surface area contributed by atoms with Crippen LogP contribution in [0.1, 0.15) is 6.92 Å². The molecule has 1 atom stereocenters. The van der Waals surface area contributed by atoms with Crippen LogP contribution < -0.4 is 11.5 Å². The Labute approximate surface area is 63.4 Å². The Hall–Kier alpha value is -1.52. The zero-order valence-corrected chi connectivity index (χ0v) is 6.03. The zero-order valence-electron chi connectivity index (χ0n) is 6.03. The van der Waals surface area contributed by atoms with Gasteiger partial charge in [-0.3, -0.25) is 9.79 Å². The average molecular weight is 155 g/mol. The predicted molar refractivity (Wildman–Crippen MR) is 39.9 cm³/mol. The minimum absolute atomic E-state index is 0.0162. The molecule has 1 aliphatic rings. The predicted octanol–water partition coefficient (Wildman–Crippen LogP) is -0.957. The Morgan fingerprint density at radius 2 is 2.27 bits per heavy atom. The number of nitrogens with two attached hydrogens (primary N) is 2. The van der Waals surface area contributed by atoms with E-state index in [1.165, 1.54) is 0 Å². The summed E-state index contributed by atoms with van der Waals surface area (Å²) in [6.45, 7) is 1.62. The highest BCUT2D eigenvalue weighted by Gasteiger charge is 2.26. The molecule has 5 heteroatoms. The topological polar surface area (TPSA) is 102 Å². The fraction of sp³-hybridized carbons (Fsp3) is 0.333. The van der Waals surface area contributed by atoms with Crippen molar-refractivity contribution in [1.29, 1.82) is 0 Å². The standard InChI is InChI=1S/C6H9N3O2/c1-2-4(10)3(6(8)11)5(7)9-2/h2,10H,1H3,(H2,7,9)(H2,8,11)/t2-/m0/s1. The Morgan fingerprint density at radius 1 is 1.73 bits per heavy atom. The minimum Gasteiger partial charge on any atom is -0.509 e. The van der Waals surface area contributed by atoms with Crippen LogP contribution in [0.5, 0.6) is 0 Å². The fourth-order valence-corrected chi connectivity index (χ4v) is 0.927. The second kappa shape index (κ2) is 2.26. The lowest BCUT2D eigenvalue weighted by molar-refractivity contribution is -0.114. The van der Waals surface area contributed by atoms with Gasteiger partial charge in [-0.1, -0.05) is 0 Å². The Kier molecular flexibility index (Phi) is 1.56. The van der Waals surface area contributed by atoms with Gasteiger partial charge in [-0.05, 0) is 6.92 Å². The van der Waals surface area contributed by atoms with Gasteiger partial charge in [0, 0.05) is 0 Å². The SMILES string of the molecule is C[C@@H]1N=C(N)C(C(N)=O)=C1O. The number of primary amides is 1. The monoisotopic (exact) mass is 155 g/mol. The molecule has 0 aromatic rings. The summed E-state index contributed by atoms with van der Waals surface area (Å²) in [5.74, 6) is -0.870. The Balaban J connectivity index is 3.10. The number of nitrogens with zero attached hydrogens (tertiary/aromatic N) is 1. The van der Waals surface area contributed by atoms with Gasteiger partial charge < -0.3 is 16.6 Å². The van der Waals surface area contributed by atoms with Crippen molar-refractivity contribution < 1.29 is 9.90 Å². The van der Waals surface area contributed by atoms with Gasteiger partial charge in [0.05, 0.1) is 0 Å². The molecule has 0 saturated carbocycles. The van der Waals surface area contributed by atoms with Gasteiger partial charge in [-0.15, -0.1) is 0 Å². The summed E-state index contributed by atoms with van der Waals surface area (Å²) in [6, 6.07) is -0.447. The van der Waals surface area contributed by atoms with Crippen LogP contribution in [0.4, 0.5) is 0 Å². The van der Waals surface area contributed by atoms with E-state index in [0.717, 1.165) is 0 Å². The van der Waals surface area contributed by atoms with E-state index < -0.39 is 11.9 Å². The van der Waals surface area contributed by atoms with E-state index >= 15 is 0 Å². The van der Waals surface area contributed by atoms with Crippen LogP contribution in [0.15, 0.2) is 16.3 Å². The summed E-state index contributed by atoms with van der Waals surface area (Å²) in [7, 11) is 0. The molecule has 1 rings (SSSR count). The van der Waals surface area contributed by atoms with Crippen LogP contribution in [0.25, 0.3) is 0 Å². The third-order valence-electron chi connectivity index (χ3n) is 1.49. The third kappa shape index (κ3) is 1.04. The van der Waals surface area contributed by atoms with Gasteiger partial charge in [0.25, 0.3) is 5.91 Å². The van der Waals surface area contributed by atoms with Crippen LogP contribution in [-0.4, -0.2) is 22.9 Å². The number of aliphatic hydroxyl groups excluding tert-OH is 1. The number of aliphatic hydroxyl groups is 1. The van der Waals surface area contributed by atoms with E-state index in [4.69, 9.17) is 11.5 Å². The molecule has 1 aliphatic heterocycles. The maximum atomic E-state index is 10.6. The van der Waals surface area contributed by atoms with Crippen molar-refractivity contribution in [2.24, 2.45) is 16.5 Å². The van der Waals surface area contributed by atoms with Gasteiger partial charge in [-0.25, -0.2) is 0 Å². The molecule has 11 heavy (non-hydrogen) atoms. The molecule has 0 radical (unpaired) electrons. The highest BCUT2D eigenvalue weighted by atomic mass is 16.3. The number of hydrogen-bond donors (Lipinski definition) is 3. The zero-order chi connectivity index (χ0) is 8.59. The van der Waals surface area contributed by atoms with Crippen molar-refractivity contribution >= 4 is 11.7 Å². The molecular weight excluding hydrogens is 146 g/mol. The number of amidine groups is 1.